The minimum Gasteiger partial charge on any atom is -0.486 e. The van der Waals surface area contributed by atoms with Crippen LogP contribution in [0.5, 0.6) is 11.5 Å². The average molecular weight is 451 g/mol. The highest BCUT2D eigenvalue weighted by molar-refractivity contribution is 5.68. The van der Waals surface area contributed by atoms with Crippen molar-refractivity contribution in [3.05, 3.63) is 58.7 Å². The fraction of sp³-hybridized carbons (Fsp3) is 0.435. The van der Waals surface area contributed by atoms with Gasteiger partial charge < -0.3 is 19.3 Å². The first-order valence-electron chi connectivity index (χ1n) is 10.4. The van der Waals surface area contributed by atoms with Crippen molar-refractivity contribution in [2.24, 2.45) is 0 Å². The van der Waals surface area contributed by atoms with Crippen molar-refractivity contribution in [3.8, 4) is 11.5 Å². The molecule has 0 amide bonds. The highest BCUT2D eigenvalue weighted by Crippen LogP contribution is 2.42. The Morgan fingerprint density at radius 1 is 1.09 bits per heavy atom. The average Bonchev–Trinajstić information content (AvgIpc) is 3.16. The number of morpholine rings is 1. The monoisotopic (exact) mass is 451 g/mol. The van der Waals surface area contributed by atoms with Gasteiger partial charge in [0, 0.05) is 19.6 Å². The zero-order valence-corrected chi connectivity index (χ0v) is 17.4. The van der Waals surface area contributed by atoms with Gasteiger partial charge in [-0.2, -0.15) is 13.2 Å². The van der Waals surface area contributed by atoms with E-state index in [-0.39, 0.29) is 12.6 Å². The van der Waals surface area contributed by atoms with Crippen LogP contribution in [-0.4, -0.2) is 48.9 Å². The Morgan fingerprint density at radius 3 is 2.44 bits per heavy atom. The Hall–Kier alpha value is -2.78. The highest BCUT2D eigenvalue weighted by atomic mass is 19.4. The molecule has 4 rings (SSSR count). The number of halogens is 3. The number of carboxylic acids is 1. The molecule has 1 aliphatic carbocycles. The molecule has 1 fully saturated rings. The number of carboxylic acid groups (broad SMARTS) is 1. The zero-order valence-electron chi connectivity index (χ0n) is 17.4. The summed E-state index contributed by atoms with van der Waals surface area (Å²) < 4.78 is 57.7. The molecule has 172 valence electrons. The summed E-state index contributed by atoms with van der Waals surface area (Å²) >= 11 is 0. The molecule has 2 aliphatic rings. The van der Waals surface area contributed by atoms with E-state index in [1.807, 2.05) is 4.90 Å². The zero-order chi connectivity index (χ0) is 22.7. The molecule has 0 unspecified atom stereocenters. The van der Waals surface area contributed by atoms with Gasteiger partial charge in [0.25, 0.3) is 0 Å². The summed E-state index contributed by atoms with van der Waals surface area (Å²) in [7, 11) is 0. The number of nitrogens with zero attached hydrogens (tertiary/aromatic N) is 1. The van der Waals surface area contributed by atoms with Gasteiger partial charge >= 0.3 is 12.1 Å². The van der Waals surface area contributed by atoms with Crippen LogP contribution in [0.1, 0.15) is 34.8 Å². The largest absolute Gasteiger partial charge is 0.486 e. The van der Waals surface area contributed by atoms with Crippen molar-refractivity contribution in [2.45, 2.75) is 31.7 Å². The van der Waals surface area contributed by atoms with Crippen LogP contribution in [0.25, 0.3) is 0 Å². The number of carbonyl (C=O) groups is 1. The van der Waals surface area contributed by atoms with E-state index in [0.29, 0.717) is 56.2 Å². The predicted octanol–water partition coefficient (Wildman–Crippen LogP) is 4.07. The van der Waals surface area contributed by atoms with Crippen molar-refractivity contribution >= 4 is 5.97 Å². The van der Waals surface area contributed by atoms with E-state index in [1.54, 1.807) is 24.3 Å². The molecular weight excluding hydrogens is 427 g/mol. The van der Waals surface area contributed by atoms with Crippen LogP contribution in [0, 0.1) is 0 Å². The van der Waals surface area contributed by atoms with Crippen LogP contribution in [0.4, 0.5) is 13.2 Å². The minimum absolute atomic E-state index is 0.240. The molecule has 0 bridgehead atoms. The molecule has 0 saturated carbocycles. The number of alkyl halides is 3. The lowest BCUT2D eigenvalue weighted by atomic mass is 9.96. The van der Waals surface area contributed by atoms with Gasteiger partial charge in [-0.05, 0) is 59.9 Å². The van der Waals surface area contributed by atoms with Gasteiger partial charge in [-0.25, -0.2) is 4.79 Å². The Kier molecular flexibility index (Phi) is 6.57. The van der Waals surface area contributed by atoms with E-state index in [4.69, 9.17) is 19.3 Å². The van der Waals surface area contributed by atoms with Gasteiger partial charge in [-0.3, -0.25) is 4.90 Å². The third-order valence-electron chi connectivity index (χ3n) is 5.73. The third-order valence-corrected chi connectivity index (χ3v) is 5.73. The van der Waals surface area contributed by atoms with Crippen LogP contribution in [0.2, 0.25) is 0 Å². The lowest BCUT2D eigenvalue weighted by Crippen LogP contribution is -2.36. The number of ether oxygens (including phenoxy) is 3. The van der Waals surface area contributed by atoms with E-state index in [2.05, 4.69) is 0 Å². The van der Waals surface area contributed by atoms with Gasteiger partial charge in [0.1, 0.15) is 17.6 Å². The molecule has 9 heteroatoms. The minimum atomic E-state index is -4.42. The van der Waals surface area contributed by atoms with Gasteiger partial charge in [0.15, 0.2) is 6.61 Å². The first-order chi connectivity index (χ1) is 15.3. The number of aliphatic carboxylic acids is 1. The van der Waals surface area contributed by atoms with Crippen LogP contribution < -0.4 is 9.47 Å². The molecule has 1 atom stereocenters. The Balaban J connectivity index is 1.54. The first-order valence-corrected chi connectivity index (χ1v) is 10.4. The number of rotatable bonds is 7. The van der Waals surface area contributed by atoms with E-state index < -0.39 is 24.3 Å². The second kappa shape index (κ2) is 9.38. The van der Waals surface area contributed by atoms with Gasteiger partial charge in [0.05, 0.1) is 18.8 Å². The summed E-state index contributed by atoms with van der Waals surface area (Å²) in [5.74, 6) is -0.131. The van der Waals surface area contributed by atoms with Crippen molar-refractivity contribution in [3.63, 3.8) is 0 Å². The summed E-state index contributed by atoms with van der Waals surface area (Å²) in [5, 5.41) is 8.68. The maximum Gasteiger partial charge on any atom is 0.416 e. The lowest BCUT2D eigenvalue weighted by Gasteiger charge is -2.29. The fourth-order valence-corrected chi connectivity index (χ4v) is 4.21. The third kappa shape index (κ3) is 5.16. The molecule has 0 aromatic heterocycles. The van der Waals surface area contributed by atoms with Crippen LogP contribution in [0.3, 0.4) is 0 Å². The van der Waals surface area contributed by atoms with Crippen molar-refractivity contribution in [1.29, 1.82) is 0 Å². The van der Waals surface area contributed by atoms with E-state index >= 15 is 0 Å². The Labute approximate surface area is 183 Å². The van der Waals surface area contributed by atoms with E-state index in [0.717, 1.165) is 11.1 Å². The van der Waals surface area contributed by atoms with Gasteiger partial charge in [-0.1, -0.05) is 6.07 Å². The molecule has 1 heterocycles. The van der Waals surface area contributed by atoms with Crippen LogP contribution >= 0.6 is 0 Å². The smallest absolute Gasteiger partial charge is 0.416 e. The molecule has 6 nitrogen and oxygen atoms in total. The SMILES string of the molecule is O=C(O)COc1ccc(O[C@@H]2CCc3c2ccc(C(F)(F)F)c3CN2CCOCC2)cc1. The fourth-order valence-electron chi connectivity index (χ4n) is 4.21. The van der Waals surface area contributed by atoms with Crippen molar-refractivity contribution in [2.75, 3.05) is 32.9 Å². The Morgan fingerprint density at radius 2 is 1.78 bits per heavy atom. The maximum absolute atomic E-state index is 13.7. The summed E-state index contributed by atoms with van der Waals surface area (Å²) in [4.78, 5) is 12.6. The predicted molar refractivity (Wildman–Crippen MR) is 109 cm³/mol. The van der Waals surface area contributed by atoms with Crippen molar-refractivity contribution in [1.82, 2.24) is 4.90 Å². The normalized spacial score (nSPS) is 18.9. The number of hydrogen-bond acceptors (Lipinski definition) is 5. The molecule has 2 aromatic carbocycles. The van der Waals surface area contributed by atoms with Crippen molar-refractivity contribution < 1.29 is 37.3 Å². The molecule has 1 aliphatic heterocycles. The van der Waals surface area contributed by atoms with E-state index in [1.165, 1.54) is 12.1 Å². The number of hydrogen-bond donors (Lipinski definition) is 1. The summed E-state index contributed by atoms with van der Waals surface area (Å²) in [6.07, 6.45) is -3.66. The molecule has 1 N–H and O–H groups in total. The second-order valence-electron chi connectivity index (χ2n) is 7.84. The molecule has 0 spiro atoms. The second-order valence-corrected chi connectivity index (χ2v) is 7.84. The topological polar surface area (TPSA) is 68.2 Å². The molecule has 32 heavy (non-hydrogen) atoms. The van der Waals surface area contributed by atoms with Crippen LogP contribution in [-0.2, 0) is 28.7 Å². The Bertz CT molecular complexity index is 955. The highest BCUT2D eigenvalue weighted by Gasteiger charge is 2.38. The molecule has 0 radical (unpaired) electrons. The van der Waals surface area contributed by atoms with Crippen LogP contribution in [0.15, 0.2) is 36.4 Å². The number of fused-ring (bicyclic) bond motifs is 1. The quantitative estimate of drug-likeness (QED) is 0.685. The van der Waals surface area contributed by atoms with Gasteiger partial charge in [0.2, 0.25) is 0 Å². The number of benzene rings is 2. The summed E-state index contributed by atoms with van der Waals surface area (Å²) in [6, 6.07) is 9.22. The van der Waals surface area contributed by atoms with E-state index in [9.17, 15) is 18.0 Å². The van der Waals surface area contributed by atoms with Gasteiger partial charge in [-0.15, -0.1) is 0 Å². The molecular formula is C23H24F3NO5. The molecule has 1 saturated heterocycles. The summed E-state index contributed by atoms with van der Waals surface area (Å²) in [5.41, 5.74) is 1.26. The standard InChI is InChI=1S/C23H24F3NO5/c24-23(25,26)20-7-5-18-17(19(20)13-27-9-11-30-12-10-27)6-8-21(18)32-16-3-1-15(2-4-16)31-14-22(28)29/h1-5,7,21H,6,8-14H2,(H,28,29)/t21-/m1/s1. The lowest BCUT2D eigenvalue weighted by molar-refractivity contribution is -0.139. The summed E-state index contributed by atoms with van der Waals surface area (Å²) in [6.45, 7) is 2.06. The molecule has 2 aromatic rings. The maximum atomic E-state index is 13.7. The first kappa shape index (κ1) is 22.4.